The molecule has 2 aromatic rings. The fraction of sp³-hybridized carbons (Fsp3) is 0.200. The third-order valence-corrected chi connectivity index (χ3v) is 4.46. The Kier molecular flexibility index (Phi) is 7.22. The molecule has 0 fully saturated rings. The first-order valence-corrected chi connectivity index (χ1v) is 8.72. The molecule has 13 heteroatoms. The summed E-state index contributed by atoms with van der Waals surface area (Å²) in [5.41, 5.74) is -0.291. The predicted octanol–water partition coefficient (Wildman–Crippen LogP) is 2.22. The molecule has 0 spiro atoms. The van der Waals surface area contributed by atoms with Crippen molar-refractivity contribution in [3.8, 4) is 5.75 Å². The summed E-state index contributed by atoms with van der Waals surface area (Å²) in [4.78, 5) is 22.2. The van der Waals surface area contributed by atoms with Crippen LogP contribution in [0.4, 0.5) is 10.2 Å². The number of ether oxygens (including phenoxy) is 1. The number of carboxylic acids is 1. The average Bonchev–Trinajstić information content (AvgIpc) is 2.63. The summed E-state index contributed by atoms with van der Waals surface area (Å²) in [6.07, 6.45) is -0.403. The van der Waals surface area contributed by atoms with Crippen LogP contribution in [-0.2, 0) is 4.79 Å². The summed E-state index contributed by atoms with van der Waals surface area (Å²) in [6.45, 7) is 2.90. The molecule has 2 rings (SSSR count). The number of hydrogen-bond donors (Lipinski definition) is 2. The van der Waals surface area contributed by atoms with Crippen molar-refractivity contribution in [2.24, 2.45) is 0 Å². The molecule has 1 atom stereocenters. The van der Waals surface area contributed by atoms with Gasteiger partial charge in [0.25, 0.3) is 0 Å². The Labute approximate surface area is 170 Å². The van der Waals surface area contributed by atoms with Crippen molar-refractivity contribution in [1.29, 1.82) is 0 Å². The Bertz CT molecular complexity index is 906. The lowest BCUT2D eigenvalue weighted by Crippen LogP contribution is -2.42. The van der Waals surface area contributed by atoms with Gasteiger partial charge in [0.1, 0.15) is 18.1 Å². The summed E-state index contributed by atoms with van der Waals surface area (Å²) in [7, 11) is -1.42. The number of benzene rings is 1. The number of aromatic carboxylic acids is 1. The summed E-state index contributed by atoms with van der Waals surface area (Å²) in [5, 5.41) is 26.3. The highest BCUT2D eigenvalue weighted by atomic mass is 35.5. The maximum atomic E-state index is 13.8. The zero-order chi connectivity index (χ0) is 21.0. The fourth-order valence-electron chi connectivity index (χ4n) is 2.42. The molecule has 2 N–H and O–H groups in total. The average molecular weight is 428 g/mol. The number of carboxylic acid groups (broad SMARTS) is 1. The van der Waals surface area contributed by atoms with Gasteiger partial charge in [0.2, 0.25) is 0 Å². The Hall–Kier alpha value is -2.36. The minimum Gasteiger partial charge on any atom is -0.482 e. The lowest BCUT2D eigenvalue weighted by Gasteiger charge is -2.26. The number of carbonyl (C=O) groups excluding carboxylic acids is 1. The van der Waals surface area contributed by atoms with Gasteiger partial charge >= 0.3 is 20.4 Å². The van der Waals surface area contributed by atoms with Crippen LogP contribution in [0.15, 0.2) is 18.2 Å². The molecule has 0 aliphatic rings. The van der Waals surface area contributed by atoms with E-state index in [1.165, 1.54) is 19.8 Å². The van der Waals surface area contributed by atoms with Crippen molar-refractivity contribution in [3.05, 3.63) is 45.3 Å². The van der Waals surface area contributed by atoms with Crippen molar-refractivity contribution in [3.63, 3.8) is 0 Å². The van der Waals surface area contributed by atoms with Crippen LogP contribution in [0.2, 0.25) is 16.9 Å². The van der Waals surface area contributed by atoms with Crippen molar-refractivity contribution in [1.82, 2.24) is 10.2 Å². The summed E-state index contributed by atoms with van der Waals surface area (Å²) in [6, 6.07) is 3.48. The molecule has 0 aliphatic carbocycles. The van der Waals surface area contributed by atoms with Crippen LogP contribution in [-0.4, -0.2) is 46.9 Å². The Morgan fingerprint density at radius 1 is 1.43 bits per heavy atom. The molecule has 0 saturated carbocycles. The van der Waals surface area contributed by atoms with Gasteiger partial charge < -0.3 is 24.4 Å². The number of nitrogens with zero attached hydrogens (tertiary/aromatic N) is 3. The van der Waals surface area contributed by atoms with Crippen molar-refractivity contribution in [2.45, 2.75) is 19.9 Å². The van der Waals surface area contributed by atoms with Crippen LogP contribution in [0.25, 0.3) is 0 Å². The molecule has 1 heterocycles. The monoisotopic (exact) mass is 427 g/mol. The van der Waals surface area contributed by atoms with Crippen molar-refractivity contribution in [2.75, 3.05) is 4.72 Å². The topological polar surface area (TPSA) is 113 Å². The first-order chi connectivity index (χ1) is 13.2. The molecular weight excluding hydrogens is 414 g/mol. The molecule has 8 nitrogen and oxygen atoms in total. The summed E-state index contributed by atoms with van der Waals surface area (Å²) >= 11 is 12.1. The molecule has 0 amide bonds. The molecule has 146 valence electrons. The maximum Gasteiger partial charge on any atom is 0.397 e. The van der Waals surface area contributed by atoms with Crippen molar-refractivity contribution >= 4 is 55.6 Å². The molecule has 0 aliphatic heterocycles. The van der Waals surface area contributed by atoms with E-state index in [0.717, 1.165) is 16.9 Å². The highest BCUT2D eigenvalue weighted by molar-refractivity contribution is 6.82. The van der Waals surface area contributed by atoms with Gasteiger partial charge in [0.05, 0.1) is 5.02 Å². The number of rotatable bonds is 8. The van der Waals surface area contributed by atoms with Crippen LogP contribution in [0.5, 0.6) is 5.75 Å². The second-order valence-corrected chi connectivity index (χ2v) is 6.48. The van der Waals surface area contributed by atoms with E-state index in [9.17, 15) is 19.0 Å². The van der Waals surface area contributed by atoms with E-state index in [1.807, 2.05) is 0 Å². The second-order valence-electron chi connectivity index (χ2n) is 5.69. The maximum absolute atomic E-state index is 13.8. The molecular formula is C15H14B2Cl2FN3O5. The lowest BCUT2D eigenvalue weighted by molar-refractivity contribution is 0.0688. The van der Waals surface area contributed by atoms with Gasteiger partial charge in [0, 0.05) is 16.7 Å². The molecule has 0 saturated heterocycles. The van der Waals surface area contributed by atoms with E-state index in [2.05, 4.69) is 10.2 Å². The first-order valence-electron chi connectivity index (χ1n) is 7.96. The van der Waals surface area contributed by atoms with E-state index in [0.29, 0.717) is 6.19 Å². The zero-order valence-corrected chi connectivity index (χ0v) is 16.3. The van der Waals surface area contributed by atoms with Crippen LogP contribution in [0.1, 0.15) is 29.1 Å². The SMILES string of the molecule is CB(O)N(BC=O)c1nnc(C(=O)O)cc1O[C@H](C)c1c(Cl)ccc(F)c1Cl. The molecule has 0 radical (unpaired) electrons. The van der Waals surface area contributed by atoms with Crippen molar-refractivity contribution < 1.29 is 28.8 Å². The fourth-order valence-corrected chi connectivity index (χ4v) is 3.10. The highest BCUT2D eigenvalue weighted by Crippen LogP contribution is 2.37. The minimum absolute atomic E-state index is 0.0809. The van der Waals surface area contributed by atoms with E-state index < -0.39 is 30.6 Å². The van der Waals surface area contributed by atoms with E-state index in [1.54, 1.807) is 0 Å². The first kappa shape index (κ1) is 21.9. The number of hydrogen-bond acceptors (Lipinski definition) is 7. The summed E-state index contributed by atoms with van der Waals surface area (Å²) < 4.78 is 20.7. The quantitative estimate of drug-likeness (QED) is 0.374. The van der Waals surface area contributed by atoms with E-state index in [4.69, 9.17) is 33.0 Å². The number of aromatic nitrogens is 2. The normalized spacial score (nSPS) is 11.5. The smallest absolute Gasteiger partial charge is 0.397 e. The molecule has 1 aromatic carbocycles. The van der Waals surface area contributed by atoms with Gasteiger partial charge in [-0.1, -0.05) is 23.2 Å². The van der Waals surface area contributed by atoms with E-state index in [-0.39, 0.29) is 34.6 Å². The van der Waals surface area contributed by atoms with Gasteiger partial charge in [0.15, 0.2) is 17.3 Å². The van der Waals surface area contributed by atoms with Gasteiger partial charge in [-0.3, -0.25) is 0 Å². The van der Waals surface area contributed by atoms with Crippen LogP contribution in [0, 0.1) is 5.82 Å². The summed E-state index contributed by atoms with van der Waals surface area (Å²) in [5.74, 6) is -2.26. The third-order valence-electron chi connectivity index (χ3n) is 3.74. The van der Waals surface area contributed by atoms with Crippen LogP contribution >= 0.6 is 23.2 Å². The highest BCUT2D eigenvalue weighted by Gasteiger charge is 2.27. The van der Waals surface area contributed by atoms with Gasteiger partial charge in [-0.15, -0.1) is 10.2 Å². The Morgan fingerprint density at radius 2 is 2.11 bits per heavy atom. The zero-order valence-electron chi connectivity index (χ0n) is 14.8. The lowest BCUT2D eigenvalue weighted by atomic mass is 9.73. The standard InChI is InChI=1S/C15H14B2Cl2FN3O5/c1-7(12-8(18)3-4-9(20)13(12)19)28-11-5-10(15(25)26)21-22-14(11)23(16-6-24)17(2)27/h3-7,16,27H,1-2H3,(H,25,26)/t7-/m1/s1. The second kappa shape index (κ2) is 9.22. The predicted molar refractivity (Wildman–Crippen MR) is 105 cm³/mol. The van der Waals surface area contributed by atoms with E-state index >= 15 is 0 Å². The minimum atomic E-state index is -1.36. The number of halogens is 3. The molecule has 0 bridgehead atoms. The Balaban J connectivity index is 2.53. The number of anilines is 1. The largest absolute Gasteiger partial charge is 0.482 e. The molecule has 0 unspecified atom stereocenters. The van der Waals surface area contributed by atoms with Gasteiger partial charge in [-0.2, -0.15) is 0 Å². The van der Waals surface area contributed by atoms with Crippen LogP contribution < -0.4 is 9.46 Å². The van der Waals surface area contributed by atoms with Gasteiger partial charge in [-0.05, 0) is 25.9 Å². The molecule has 28 heavy (non-hydrogen) atoms. The third kappa shape index (κ3) is 4.73. The number of carbonyl (C=O) groups is 2. The molecule has 1 aromatic heterocycles. The van der Waals surface area contributed by atoms with Crippen LogP contribution in [0.3, 0.4) is 0 Å². The Morgan fingerprint density at radius 3 is 2.68 bits per heavy atom. The van der Waals surface area contributed by atoms with Gasteiger partial charge in [-0.25, -0.2) is 9.18 Å².